The van der Waals surface area contributed by atoms with Crippen molar-refractivity contribution in [2.24, 2.45) is 0 Å². The maximum Gasteiger partial charge on any atom is 0.337 e. The first-order chi connectivity index (χ1) is 10.1. The number of halogens is 1. The van der Waals surface area contributed by atoms with Crippen LogP contribution in [0.15, 0.2) is 48.5 Å². The monoisotopic (exact) mass is 303 g/mol. The van der Waals surface area contributed by atoms with E-state index in [2.05, 4.69) is 5.32 Å². The quantitative estimate of drug-likeness (QED) is 0.886. The Morgan fingerprint density at radius 1 is 1.10 bits per heavy atom. The van der Waals surface area contributed by atoms with E-state index >= 15 is 0 Å². The molecule has 4 nitrogen and oxygen atoms in total. The molecular formula is C16H14ClNO3. The van der Waals surface area contributed by atoms with Crippen LogP contribution in [0.25, 0.3) is 0 Å². The predicted molar refractivity (Wildman–Crippen MR) is 81.8 cm³/mol. The number of nitrogens with one attached hydrogen (secondary N) is 1. The summed E-state index contributed by atoms with van der Waals surface area (Å²) in [7, 11) is 0. The highest BCUT2D eigenvalue weighted by molar-refractivity contribution is 6.33. The average Bonchev–Trinajstić information content (AvgIpc) is 2.48. The number of amides is 1. The molecule has 21 heavy (non-hydrogen) atoms. The zero-order chi connectivity index (χ0) is 15.2. The van der Waals surface area contributed by atoms with Gasteiger partial charge in [0.1, 0.15) is 0 Å². The van der Waals surface area contributed by atoms with Gasteiger partial charge in [-0.3, -0.25) is 4.79 Å². The van der Waals surface area contributed by atoms with Crippen molar-refractivity contribution in [3.8, 4) is 0 Å². The summed E-state index contributed by atoms with van der Waals surface area (Å²) in [6.07, 6.45) is 0.959. The van der Waals surface area contributed by atoms with Crippen LogP contribution in [0.3, 0.4) is 0 Å². The second-order valence-corrected chi connectivity index (χ2v) is 4.94. The molecule has 0 aliphatic rings. The topological polar surface area (TPSA) is 66.4 Å². The number of carbonyl (C=O) groups is 2. The summed E-state index contributed by atoms with van der Waals surface area (Å²) in [6.45, 7) is 0. The first-order valence-corrected chi connectivity index (χ1v) is 6.80. The molecule has 0 spiro atoms. The summed E-state index contributed by atoms with van der Waals surface area (Å²) >= 11 is 5.78. The molecule has 0 aliphatic carbocycles. The molecule has 0 heterocycles. The maximum atomic E-state index is 11.9. The van der Waals surface area contributed by atoms with Crippen LogP contribution in [0, 0.1) is 0 Å². The minimum Gasteiger partial charge on any atom is -0.478 e. The Kier molecular flexibility index (Phi) is 4.95. The zero-order valence-corrected chi connectivity index (χ0v) is 11.9. The van der Waals surface area contributed by atoms with Crippen LogP contribution < -0.4 is 5.32 Å². The van der Waals surface area contributed by atoms with Gasteiger partial charge in [0.25, 0.3) is 0 Å². The second kappa shape index (κ2) is 6.90. The molecule has 0 atom stereocenters. The van der Waals surface area contributed by atoms with Crippen LogP contribution in [0.4, 0.5) is 5.69 Å². The van der Waals surface area contributed by atoms with Crippen molar-refractivity contribution in [3.05, 3.63) is 64.7 Å². The highest BCUT2D eigenvalue weighted by atomic mass is 35.5. The van der Waals surface area contributed by atoms with Gasteiger partial charge in [-0.1, -0.05) is 41.9 Å². The van der Waals surface area contributed by atoms with E-state index in [9.17, 15) is 9.59 Å². The first kappa shape index (κ1) is 15.1. The Hall–Kier alpha value is -2.33. The van der Waals surface area contributed by atoms with Crippen LogP contribution >= 0.6 is 11.6 Å². The van der Waals surface area contributed by atoms with Crippen molar-refractivity contribution in [1.29, 1.82) is 0 Å². The third kappa shape index (κ3) is 4.33. The van der Waals surface area contributed by atoms with Crippen molar-refractivity contribution in [3.63, 3.8) is 0 Å². The Labute approximate surface area is 127 Å². The minimum absolute atomic E-state index is 0.0301. The molecule has 108 valence electrons. The molecule has 0 aromatic heterocycles. The lowest BCUT2D eigenvalue weighted by atomic mass is 10.1. The van der Waals surface area contributed by atoms with Gasteiger partial charge in [0.2, 0.25) is 5.91 Å². The van der Waals surface area contributed by atoms with Crippen molar-refractivity contribution >= 4 is 29.2 Å². The standard InChI is InChI=1S/C16H14ClNO3/c17-14-8-7-12(10-13(14)16(20)21)18-15(19)9-6-11-4-2-1-3-5-11/h1-5,7-8,10H,6,9H2,(H,18,19)(H,20,21). The van der Waals surface area contributed by atoms with Gasteiger partial charge >= 0.3 is 5.97 Å². The van der Waals surface area contributed by atoms with E-state index < -0.39 is 5.97 Å². The Morgan fingerprint density at radius 3 is 2.48 bits per heavy atom. The predicted octanol–water partition coefficient (Wildman–Crippen LogP) is 3.61. The molecule has 0 bridgehead atoms. The molecule has 0 saturated heterocycles. The van der Waals surface area contributed by atoms with E-state index in [0.717, 1.165) is 5.56 Å². The van der Waals surface area contributed by atoms with Gasteiger partial charge in [-0.15, -0.1) is 0 Å². The molecule has 0 aliphatic heterocycles. The third-order valence-electron chi connectivity index (χ3n) is 2.96. The summed E-state index contributed by atoms with van der Waals surface area (Å²) in [5.74, 6) is -1.29. The number of hydrogen-bond donors (Lipinski definition) is 2. The molecular weight excluding hydrogens is 290 g/mol. The summed E-state index contributed by atoms with van der Waals surface area (Å²) in [4.78, 5) is 22.8. The summed E-state index contributed by atoms with van der Waals surface area (Å²) in [5.41, 5.74) is 1.47. The van der Waals surface area contributed by atoms with Gasteiger partial charge < -0.3 is 10.4 Å². The van der Waals surface area contributed by atoms with E-state index in [1.165, 1.54) is 12.1 Å². The van der Waals surface area contributed by atoms with Gasteiger partial charge in [-0.25, -0.2) is 4.79 Å². The van der Waals surface area contributed by atoms with Crippen molar-refractivity contribution in [2.75, 3.05) is 5.32 Å². The van der Waals surface area contributed by atoms with Gasteiger partial charge in [-0.05, 0) is 30.2 Å². The summed E-state index contributed by atoms with van der Waals surface area (Å²) in [5, 5.41) is 11.8. The number of carbonyl (C=O) groups excluding carboxylic acids is 1. The van der Waals surface area contributed by atoms with Gasteiger partial charge in [0.05, 0.1) is 10.6 Å². The number of carboxylic acid groups (broad SMARTS) is 1. The van der Waals surface area contributed by atoms with Crippen LogP contribution in [0.2, 0.25) is 5.02 Å². The van der Waals surface area contributed by atoms with Gasteiger partial charge in [0.15, 0.2) is 0 Å². The molecule has 0 unspecified atom stereocenters. The summed E-state index contributed by atoms with van der Waals surface area (Å²) in [6, 6.07) is 14.1. The third-order valence-corrected chi connectivity index (χ3v) is 3.29. The Balaban J connectivity index is 1.97. The van der Waals surface area contributed by atoms with E-state index in [-0.39, 0.29) is 16.5 Å². The maximum absolute atomic E-state index is 11.9. The number of anilines is 1. The van der Waals surface area contributed by atoms with Gasteiger partial charge in [0, 0.05) is 12.1 Å². The smallest absolute Gasteiger partial charge is 0.337 e. The number of aryl methyl sites for hydroxylation is 1. The average molecular weight is 304 g/mol. The lowest BCUT2D eigenvalue weighted by Crippen LogP contribution is -2.13. The molecule has 2 aromatic rings. The molecule has 2 N–H and O–H groups in total. The Morgan fingerprint density at radius 2 is 1.81 bits per heavy atom. The number of rotatable bonds is 5. The number of hydrogen-bond acceptors (Lipinski definition) is 2. The van der Waals surface area contributed by atoms with E-state index in [4.69, 9.17) is 16.7 Å². The van der Waals surface area contributed by atoms with Crippen molar-refractivity contribution < 1.29 is 14.7 Å². The Bertz CT molecular complexity index is 656. The zero-order valence-electron chi connectivity index (χ0n) is 11.2. The number of benzene rings is 2. The second-order valence-electron chi connectivity index (χ2n) is 4.53. The van der Waals surface area contributed by atoms with Crippen LogP contribution in [0.1, 0.15) is 22.3 Å². The molecule has 1 amide bonds. The SMILES string of the molecule is O=C(CCc1ccccc1)Nc1ccc(Cl)c(C(=O)O)c1. The van der Waals surface area contributed by atoms with Crippen LogP contribution in [0.5, 0.6) is 0 Å². The van der Waals surface area contributed by atoms with E-state index in [0.29, 0.717) is 18.5 Å². The van der Waals surface area contributed by atoms with Gasteiger partial charge in [-0.2, -0.15) is 0 Å². The van der Waals surface area contributed by atoms with E-state index in [1.54, 1.807) is 6.07 Å². The van der Waals surface area contributed by atoms with Crippen LogP contribution in [-0.4, -0.2) is 17.0 Å². The highest BCUT2D eigenvalue weighted by Crippen LogP contribution is 2.20. The fourth-order valence-electron chi connectivity index (χ4n) is 1.89. The fourth-order valence-corrected chi connectivity index (χ4v) is 2.09. The molecule has 0 radical (unpaired) electrons. The first-order valence-electron chi connectivity index (χ1n) is 6.43. The lowest BCUT2D eigenvalue weighted by Gasteiger charge is -2.07. The molecule has 0 saturated carbocycles. The normalized spacial score (nSPS) is 10.1. The van der Waals surface area contributed by atoms with Crippen molar-refractivity contribution in [2.45, 2.75) is 12.8 Å². The van der Waals surface area contributed by atoms with Crippen LogP contribution in [-0.2, 0) is 11.2 Å². The molecule has 0 fully saturated rings. The lowest BCUT2D eigenvalue weighted by molar-refractivity contribution is -0.116. The number of carboxylic acids is 1. The minimum atomic E-state index is -1.12. The largest absolute Gasteiger partial charge is 0.478 e. The molecule has 5 heteroatoms. The highest BCUT2D eigenvalue weighted by Gasteiger charge is 2.10. The fraction of sp³-hybridized carbons (Fsp3) is 0.125. The van der Waals surface area contributed by atoms with Crippen molar-refractivity contribution in [1.82, 2.24) is 0 Å². The number of aromatic carboxylic acids is 1. The molecule has 2 rings (SSSR count). The van der Waals surface area contributed by atoms with E-state index in [1.807, 2.05) is 30.3 Å². The molecule has 2 aromatic carbocycles. The summed E-state index contributed by atoms with van der Waals surface area (Å²) < 4.78 is 0.